The van der Waals surface area contributed by atoms with Crippen LogP contribution in [-0.4, -0.2) is 6.54 Å². The minimum atomic E-state index is 0.470. The quantitative estimate of drug-likeness (QED) is 0.505. The second kappa shape index (κ2) is 4.45. The molecule has 3 N–H and O–H groups in total. The molecular formula is C12H18N2S. The normalized spacial score (nSPS) is 26.5. The average molecular weight is 222 g/mol. The molecule has 0 aliphatic carbocycles. The molecule has 0 aromatic heterocycles. The molecule has 15 heavy (non-hydrogen) atoms. The molecule has 1 aromatic rings. The fourth-order valence-corrected chi connectivity index (χ4v) is 2.21. The first kappa shape index (κ1) is 10.8. The van der Waals surface area contributed by atoms with E-state index in [1.807, 2.05) is 12.1 Å². The molecule has 0 saturated carbocycles. The summed E-state index contributed by atoms with van der Waals surface area (Å²) in [6.07, 6.45) is 2.49. The molecule has 2 rings (SSSR count). The maximum Gasteiger partial charge on any atom is 0.0452 e. The molecule has 1 aromatic carbocycles. The molecule has 2 unspecified atom stereocenters. The van der Waals surface area contributed by atoms with Gasteiger partial charge < -0.3 is 11.1 Å². The second-order valence-corrected chi connectivity index (χ2v) is 4.94. The minimum Gasteiger partial charge on any atom is -0.398 e. The third kappa shape index (κ3) is 2.47. The van der Waals surface area contributed by atoms with E-state index in [0.29, 0.717) is 6.04 Å². The molecule has 0 bridgehead atoms. The SMILES string of the molecule is CC1CCC(c2ccc(S)c(N)c2)NC1. The smallest absolute Gasteiger partial charge is 0.0452 e. The van der Waals surface area contributed by atoms with Crippen LogP contribution in [0.15, 0.2) is 23.1 Å². The van der Waals surface area contributed by atoms with Crippen molar-refractivity contribution in [3.05, 3.63) is 23.8 Å². The Kier molecular flexibility index (Phi) is 3.22. The Labute approximate surface area is 96.7 Å². The summed E-state index contributed by atoms with van der Waals surface area (Å²) in [6.45, 7) is 3.39. The van der Waals surface area contributed by atoms with E-state index in [1.165, 1.54) is 18.4 Å². The zero-order chi connectivity index (χ0) is 10.8. The summed E-state index contributed by atoms with van der Waals surface area (Å²) in [6, 6.07) is 6.60. The van der Waals surface area contributed by atoms with Gasteiger partial charge in [0.1, 0.15) is 0 Å². The van der Waals surface area contributed by atoms with E-state index >= 15 is 0 Å². The van der Waals surface area contributed by atoms with Crippen molar-refractivity contribution in [1.29, 1.82) is 0 Å². The van der Waals surface area contributed by atoms with Crippen molar-refractivity contribution < 1.29 is 0 Å². The van der Waals surface area contributed by atoms with Gasteiger partial charge in [0, 0.05) is 16.6 Å². The third-order valence-corrected chi connectivity index (χ3v) is 3.52. The number of anilines is 1. The molecular weight excluding hydrogens is 204 g/mol. The van der Waals surface area contributed by atoms with Crippen LogP contribution < -0.4 is 11.1 Å². The van der Waals surface area contributed by atoms with Gasteiger partial charge in [-0.25, -0.2) is 0 Å². The molecule has 3 heteroatoms. The molecule has 2 atom stereocenters. The molecule has 0 amide bonds. The second-order valence-electron chi connectivity index (χ2n) is 4.46. The standard InChI is InChI=1S/C12H18N2S/c1-8-2-4-11(14-7-8)9-3-5-12(15)10(13)6-9/h3,5-6,8,11,14-15H,2,4,7,13H2,1H3. The summed E-state index contributed by atoms with van der Waals surface area (Å²) >= 11 is 4.28. The van der Waals surface area contributed by atoms with Crippen LogP contribution in [-0.2, 0) is 0 Å². The molecule has 2 nitrogen and oxygen atoms in total. The van der Waals surface area contributed by atoms with Gasteiger partial charge in [-0.1, -0.05) is 13.0 Å². The van der Waals surface area contributed by atoms with Crippen LogP contribution in [0.4, 0.5) is 5.69 Å². The molecule has 82 valence electrons. The Morgan fingerprint density at radius 3 is 2.80 bits per heavy atom. The number of hydrogen-bond acceptors (Lipinski definition) is 3. The largest absolute Gasteiger partial charge is 0.398 e. The molecule has 1 aliphatic heterocycles. The summed E-state index contributed by atoms with van der Waals surface area (Å²) in [5, 5.41) is 3.55. The van der Waals surface area contributed by atoms with Crippen LogP contribution in [0.5, 0.6) is 0 Å². The van der Waals surface area contributed by atoms with Crippen LogP contribution in [0, 0.1) is 5.92 Å². The van der Waals surface area contributed by atoms with Crippen LogP contribution >= 0.6 is 12.6 Å². The predicted octanol–water partition coefficient (Wildman–Crippen LogP) is 2.62. The lowest BCUT2D eigenvalue weighted by Gasteiger charge is -2.28. The highest BCUT2D eigenvalue weighted by Crippen LogP contribution is 2.28. The van der Waals surface area contributed by atoms with Gasteiger partial charge in [0.2, 0.25) is 0 Å². The predicted molar refractivity (Wildman–Crippen MR) is 67.2 cm³/mol. The van der Waals surface area contributed by atoms with Gasteiger partial charge in [-0.05, 0) is 43.0 Å². The van der Waals surface area contributed by atoms with Crippen molar-refractivity contribution in [2.45, 2.75) is 30.7 Å². The highest BCUT2D eigenvalue weighted by Gasteiger charge is 2.18. The van der Waals surface area contributed by atoms with E-state index in [0.717, 1.165) is 23.0 Å². The van der Waals surface area contributed by atoms with Gasteiger partial charge in [0.05, 0.1) is 0 Å². The zero-order valence-corrected chi connectivity index (χ0v) is 9.93. The summed E-state index contributed by atoms with van der Waals surface area (Å²) in [5.41, 5.74) is 7.91. The third-order valence-electron chi connectivity index (χ3n) is 3.11. The zero-order valence-electron chi connectivity index (χ0n) is 9.03. The summed E-state index contributed by atoms with van der Waals surface area (Å²) in [5.74, 6) is 0.794. The lowest BCUT2D eigenvalue weighted by molar-refractivity contribution is 0.333. The number of nitrogen functional groups attached to an aromatic ring is 1. The number of hydrogen-bond donors (Lipinski definition) is 3. The Balaban J connectivity index is 2.12. The van der Waals surface area contributed by atoms with Crippen LogP contribution in [0.2, 0.25) is 0 Å². The number of rotatable bonds is 1. The first-order valence-electron chi connectivity index (χ1n) is 5.48. The van der Waals surface area contributed by atoms with Gasteiger partial charge in [-0.3, -0.25) is 0 Å². The van der Waals surface area contributed by atoms with Crippen LogP contribution in [0.25, 0.3) is 0 Å². The van der Waals surface area contributed by atoms with Crippen LogP contribution in [0.1, 0.15) is 31.4 Å². The molecule has 1 heterocycles. The number of thiol groups is 1. The van der Waals surface area contributed by atoms with Crippen molar-refractivity contribution in [2.24, 2.45) is 5.92 Å². The molecule has 0 radical (unpaired) electrons. The lowest BCUT2D eigenvalue weighted by atomic mass is 9.92. The van der Waals surface area contributed by atoms with E-state index < -0.39 is 0 Å². The maximum absolute atomic E-state index is 5.85. The van der Waals surface area contributed by atoms with Crippen molar-refractivity contribution in [3.63, 3.8) is 0 Å². The highest BCUT2D eigenvalue weighted by molar-refractivity contribution is 7.80. The Morgan fingerprint density at radius 1 is 1.40 bits per heavy atom. The minimum absolute atomic E-state index is 0.470. The van der Waals surface area contributed by atoms with Crippen molar-refractivity contribution in [2.75, 3.05) is 12.3 Å². The fourth-order valence-electron chi connectivity index (χ4n) is 2.07. The van der Waals surface area contributed by atoms with Gasteiger partial charge in [0.15, 0.2) is 0 Å². The molecule has 1 saturated heterocycles. The van der Waals surface area contributed by atoms with Crippen molar-refractivity contribution >= 4 is 18.3 Å². The Bertz CT molecular complexity index is 343. The fraction of sp³-hybridized carbons (Fsp3) is 0.500. The first-order valence-corrected chi connectivity index (χ1v) is 5.93. The van der Waals surface area contributed by atoms with E-state index in [2.05, 4.69) is 30.9 Å². The maximum atomic E-state index is 5.85. The van der Waals surface area contributed by atoms with Gasteiger partial charge in [-0.2, -0.15) is 0 Å². The Hall–Kier alpha value is -0.670. The number of piperidine rings is 1. The first-order chi connectivity index (χ1) is 7.16. The lowest BCUT2D eigenvalue weighted by Crippen LogP contribution is -2.31. The highest BCUT2D eigenvalue weighted by atomic mass is 32.1. The Morgan fingerprint density at radius 2 is 2.20 bits per heavy atom. The van der Waals surface area contributed by atoms with Gasteiger partial charge in [0.25, 0.3) is 0 Å². The van der Waals surface area contributed by atoms with E-state index in [-0.39, 0.29) is 0 Å². The van der Waals surface area contributed by atoms with Crippen LogP contribution in [0.3, 0.4) is 0 Å². The molecule has 0 spiro atoms. The average Bonchev–Trinajstić information content (AvgIpc) is 2.23. The summed E-state index contributed by atoms with van der Waals surface area (Å²) in [7, 11) is 0. The topological polar surface area (TPSA) is 38.0 Å². The number of nitrogens with two attached hydrogens (primary N) is 1. The number of nitrogens with one attached hydrogen (secondary N) is 1. The summed E-state index contributed by atoms with van der Waals surface area (Å²) < 4.78 is 0. The van der Waals surface area contributed by atoms with Gasteiger partial charge >= 0.3 is 0 Å². The summed E-state index contributed by atoms with van der Waals surface area (Å²) in [4.78, 5) is 0.864. The van der Waals surface area contributed by atoms with E-state index in [9.17, 15) is 0 Å². The van der Waals surface area contributed by atoms with Gasteiger partial charge in [-0.15, -0.1) is 12.6 Å². The van der Waals surface area contributed by atoms with E-state index in [1.54, 1.807) is 0 Å². The molecule has 1 aliphatic rings. The van der Waals surface area contributed by atoms with E-state index in [4.69, 9.17) is 5.73 Å². The number of benzene rings is 1. The molecule has 1 fully saturated rings. The monoisotopic (exact) mass is 222 g/mol. The van der Waals surface area contributed by atoms with Crippen molar-refractivity contribution in [3.8, 4) is 0 Å². The van der Waals surface area contributed by atoms with Crippen molar-refractivity contribution in [1.82, 2.24) is 5.32 Å².